The van der Waals surface area contributed by atoms with E-state index in [1.807, 2.05) is 0 Å². The molecule has 4 heteroatoms. The second-order valence-corrected chi connectivity index (χ2v) is 0. The first-order valence-corrected chi connectivity index (χ1v) is 0. The Bertz CT molecular complexity index is 6.00. The molecule has 0 bridgehead atoms. The fourth-order valence-electron chi connectivity index (χ4n) is 0. The van der Waals surface area contributed by atoms with Gasteiger partial charge in [-0.05, 0) is 0 Å². The average Bonchev–Trinajstić information content (AvgIpc) is 0. The van der Waals surface area contributed by atoms with Crippen LogP contribution >= 0.6 is 0 Å². The molecule has 0 rings (SSSR count). The number of rotatable bonds is 0. The quantitative estimate of drug-likeness (QED) is 0.543. The average molecular weight is 270 g/mol. The molecular weight excluding hydrogens is 270 g/mol. The predicted octanol–water partition coefficient (Wildman–Crippen LogP) is -0.0100. The van der Waals surface area contributed by atoms with Gasteiger partial charge >= 0.3 is 0 Å². The molecule has 0 aliphatic rings. The van der Waals surface area contributed by atoms with Crippen LogP contribution in [-0.4, -0.2) is 0 Å². The van der Waals surface area contributed by atoms with Crippen molar-refractivity contribution in [1.82, 2.24) is 0 Å². The van der Waals surface area contributed by atoms with Crippen LogP contribution in [-0.2, 0) is 77.7 Å². The molecular formula is CrCu2Zr. The van der Waals surface area contributed by atoms with Gasteiger partial charge in [-0.3, -0.25) is 0 Å². The Hall–Kier alpha value is 2.45. The molecule has 4 heavy (non-hydrogen) atoms. The third-order valence-electron chi connectivity index (χ3n) is 0. The van der Waals surface area contributed by atoms with Gasteiger partial charge in [-0.25, -0.2) is 0 Å². The minimum absolute atomic E-state index is 0. The second kappa shape index (κ2) is 18.0. The van der Waals surface area contributed by atoms with Crippen molar-refractivity contribution in [3.8, 4) is 0 Å². The Morgan fingerprint density at radius 1 is 0.750 bits per heavy atom. The molecule has 0 saturated carbocycles. The molecule has 0 N–H and O–H groups in total. The predicted molar refractivity (Wildman–Crippen MR) is 0 cm³/mol. The Morgan fingerprint density at radius 3 is 0.750 bits per heavy atom. The van der Waals surface area contributed by atoms with Gasteiger partial charge in [-0.15, -0.1) is 0 Å². The number of hydrogen-bond acceptors (Lipinski definition) is 0. The van der Waals surface area contributed by atoms with Crippen LogP contribution in [0, 0.1) is 0 Å². The van der Waals surface area contributed by atoms with Crippen molar-refractivity contribution < 1.29 is 77.7 Å². The topological polar surface area (TPSA) is 0 Å². The van der Waals surface area contributed by atoms with Gasteiger partial charge in [0.15, 0.2) is 0 Å². The van der Waals surface area contributed by atoms with E-state index in [1.54, 1.807) is 0 Å². The Balaban J connectivity index is 0. The zero-order valence-corrected chi connectivity index (χ0v) is 7.13. The van der Waals surface area contributed by atoms with E-state index in [0.29, 0.717) is 0 Å². The largest absolute Gasteiger partial charge is 0 e. The summed E-state index contributed by atoms with van der Waals surface area (Å²) in [6.07, 6.45) is 0. The van der Waals surface area contributed by atoms with E-state index in [4.69, 9.17) is 0 Å². The van der Waals surface area contributed by atoms with E-state index in [0.717, 1.165) is 0 Å². The van der Waals surface area contributed by atoms with Crippen LogP contribution in [0.25, 0.3) is 0 Å². The minimum atomic E-state index is 0. The van der Waals surface area contributed by atoms with Gasteiger partial charge in [0, 0.05) is 77.7 Å². The van der Waals surface area contributed by atoms with Crippen LogP contribution in [0.4, 0.5) is 0 Å². The Labute approximate surface area is 76.7 Å². The maximum atomic E-state index is 0. The molecule has 0 aliphatic carbocycles. The Morgan fingerprint density at radius 2 is 0.750 bits per heavy atom. The van der Waals surface area contributed by atoms with E-state index >= 15 is 0 Å². The zero-order valence-electron chi connectivity index (χ0n) is 1.51. The molecule has 0 unspecified atom stereocenters. The van der Waals surface area contributed by atoms with Gasteiger partial charge in [0.25, 0.3) is 0 Å². The summed E-state index contributed by atoms with van der Waals surface area (Å²) in [5.41, 5.74) is 0. The molecule has 0 amide bonds. The molecule has 0 aliphatic heterocycles. The molecule has 0 nitrogen and oxygen atoms in total. The fourth-order valence-corrected chi connectivity index (χ4v) is 0. The van der Waals surface area contributed by atoms with Crippen molar-refractivity contribution in [2.24, 2.45) is 0 Å². The van der Waals surface area contributed by atoms with Gasteiger partial charge in [-0.2, -0.15) is 0 Å². The third kappa shape index (κ3) is 8.82. The van der Waals surface area contributed by atoms with E-state index in [1.165, 1.54) is 0 Å². The SMILES string of the molecule is [Cr].[Cu].[Cu].[Zr]. The maximum absolute atomic E-state index is 0. The van der Waals surface area contributed by atoms with Crippen LogP contribution in [0.1, 0.15) is 0 Å². The normalized spacial score (nSPS) is 0. The first-order valence-electron chi connectivity index (χ1n) is 0. The summed E-state index contributed by atoms with van der Waals surface area (Å²) in [6.45, 7) is 0. The van der Waals surface area contributed by atoms with Gasteiger partial charge in [-0.1, -0.05) is 0 Å². The van der Waals surface area contributed by atoms with Crippen molar-refractivity contribution in [2.45, 2.75) is 0 Å². The van der Waals surface area contributed by atoms with Gasteiger partial charge in [0.2, 0.25) is 0 Å². The van der Waals surface area contributed by atoms with Crippen molar-refractivity contribution in [3.05, 3.63) is 0 Å². The smallest absolute Gasteiger partial charge is 0 e. The summed E-state index contributed by atoms with van der Waals surface area (Å²) in [7, 11) is 0. The van der Waals surface area contributed by atoms with Gasteiger partial charge in [0.1, 0.15) is 0 Å². The summed E-state index contributed by atoms with van der Waals surface area (Å²) in [5, 5.41) is 0. The molecule has 0 saturated heterocycles. The molecule has 32 valence electrons. The van der Waals surface area contributed by atoms with Crippen LogP contribution < -0.4 is 0 Å². The molecule has 0 atom stereocenters. The van der Waals surface area contributed by atoms with Gasteiger partial charge < -0.3 is 0 Å². The van der Waals surface area contributed by atoms with Gasteiger partial charge in [0.05, 0.1) is 0 Å². The molecule has 2 radical (unpaired) electrons. The summed E-state index contributed by atoms with van der Waals surface area (Å²) >= 11 is 0. The van der Waals surface area contributed by atoms with Crippen molar-refractivity contribution >= 4 is 0 Å². The fraction of sp³-hybridized carbons (Fsp3) is 0. The van der Waals surface area contributed by atoms with Crippen molar-refractivity contribution in [2.75, 3.05) is 0 Å². The summed E-state index contributed by atoms with van der Waals surface area (Å²) in [4.78, 5) is 0. The summed E-state index contributed by atoms with van der Waals surface area (Å²) in [5.74, 6) is 0. The van der Waals surface area contributed by atoms with E-state index in [2.05, 4.69) is 0 Å². The van der Waals surface area contributed by atoms with Crippen LogP contribution in [0.3, 0.4) is 0 Å². The third-order valence-corrected chi connectivity index (χ3v) is 0. The first kappa shape index (κ1) is 31.9. The second-order valence-electron chi connectivity index (χ2n) is 0. The maximum Gasteiger partial charge on any atom is 0 e. The van der Waals surface area contributed by atoms with E-state index in [-0.39, 0.29) is 77.7 Å². The molecule has 0 heterocycles. The van der Waals surface area contributed by atoms with E-state index < -0.39 is 0 Å². The van der Waals surface area contributed by atoms with Crippen LogP contribution in [0.2, 0.25) is 0 Å². The molecule has 0 aromatic rings. The molecule has 0 aromatic heterocycles. The molecule has 0 fully saturated rings. The molecule has 0 aromatic carbocycles. The monoisotopic (exact) mass is 268 g/mol. The standard InChI is InChI=1S/Cr.2Cu.Zr. The molecule has 0 spiro atoms. The van der Waals surface area contributed by atoms with Crippen LogP contribution in [0.15, 0.2) is 0 Å². The van der Waals surface area contributed by atoms with E-state index in [9.17, 15) is 0 Å². The van der Waals surface area contributed by atoms with Crippen molar-refractivity contribution in [1.29, 1.82) is 0 Å². The first-order chi connectivity index (χ1) is 0. The van der Waals surface area contributed by atoms with Crippen molar-refractivity contribution in [3.63, 3.8) is 0 Å². The summed E-state index contributed by atoms with van der Waals surface area (Å²) < 4.78 is 0. The summed E-state index contributed by atoms with van der Waals surface area (Å²) in [6, 6.07) is 0. The number of hydrogen-bond donors (Lipinski definition) is 0. The minimum Gasteiger partial charge on any atom is 0 e. The Kier molecular flexibility index (Phi) is 143. The zero-order chi connectivity index (χ0) is 0. The van der Waals surface area contributed by atoms with Crippen LogP contribution in [0.5, 0.6) is 0 Å².